The van der Waals surface area contributed by atoms with E-state index in [0.29, 0.717) is 0 Å². The van der Waals surface area contributed by atoms with E-state index in [4.69, 9.17) is 0 Å². The van der Waals surface area contributed by atoms with Gasteiger partial charge in [-0.15, -0.1) is 0 Å². The van der Waals surface area contributed by atoms with Gasteiger partial charge in [-0.05, 0) is 37.6 Å². The highest BCUT2D eigenvalue weighted by Crippen LogP contribution is 2.20. The molecule has 0 aliphatic rings. The number of aromatic nitrogens is 2. The molecule has 0 radical (unpaired) electrons. The van der Waals surface area contributed by atoms with Crippen LogP contribution >= 0.6 is 0 Å². The number of para-hydroxylation sites is 2. The molecule has 0 N–H and O–H groups in total. The number of nitrogens with zero attached hydrogens (tertiary/aromatic N) is 2. The average Bonchev–Trinajstić information content (AvgIpc) is 2.68. The standard InChI is InChI=1S/C16H17N2/c1-12-8-9-14(13(2)10-12)18-11-17(3)15-6-4-5-7-16(15)18/h4-11H,1-3H3/q+1. The van der Waals surface area contributed by atoms with E-state index in [1.165, 1.54) is 27.8 Å². The van der Waals surface area contributed by atoms with Crippen molar-refractivity contribution in [1.29, 1.82) is 0 Å². The van der Waals surface area contributed by atoms with Crippen molar-refractivity contribution in [3.8, 4) is 5.69 Å². The van der Waals surface area contributed by atoms with E-state index in [0.717, 1.165) is 0 Å². The van der Waals surface area contributed by atoms with Crippen molar-refractivity contribution >= 4 is 11.0 Å². The summed E-state index contributed by atoms with van der Waals surface area (Å²) in [6.07, 6.45) is 2.14. The van der Waals surface area contributed by atoms with E-state index in [1.807, 2.05) is 0 Å². The van der Waals surface area contributed by atoms with Crippen LogP contribution in [0.25, 0.3) is 16.7 Å². The molecule has 3 rings (SSSR count). The lowest BCUT2D eigenvalue weighted by Gasteiger charge is -2.03. The third-order valence-electron chi connectivity index (χ3n) is 3.42. The first-order valence-corrected chi connectivity index (χ1v) is 6.20. The van der Waals surface area contributed by atoms with Gasteiger partial charge in [-0.2, -0.15) is 4.57 Å². The number of fused-ring (bicyclic) bond motifs is 1. The fraction of sp³-hybridized carbons (Fsp3) is 0.188. The van der Waals surface area contributed by atoms with Gasteiger partial charge in [0, 0.05) is 0 Å². The lowest BCUT2D eigenvalue weighted by atomic mass is 10.1. The molecule has 0 unspecified atom stereocenters. The van der Waals surface area contributed by atoms with Crippen molar-refractivity contribution in [2.45, 2.75) is 13.8 Å². The second-order valence-electron chi connectivity index (χ2n) is 4.88. The minimum absolute atomic E-state index is 1.24. The summed E-state index contributed by atoms with van der Waals surface area (Å²) in [5.41, 5.74) is 6.34. The lowest BCUT2D eigenvalue weighted by molar-refractivity contribution is -0.645. The Morgan fingerprint density at radius 2 is 1.78 bits per heavy atom. The summed E-state index contributed by atoms with van der Waals surface area (Å²) in [6, 6.07) is 15.1. The van der Waals surface area contributed by atoms with Gasteiger partial charge in [0.1, 0.15) is 5.69 Å². The molecule has 2 aromatic carbocycles. The molecule has 0 atom stereocenters. The molecule has 0 bridgehead atoms. The molecule has 0 aliphatic carbocycles. The molecule has 0 saturated heterocycles. The maximum atomic E-state index is 2.25. The fourth-order valence-corrected chi connectivity index (χ4v) is 2.53. The summed E-state index contributed by atoms with van der Waals surface area (Å²) in [4.78, 5) is 0. The molecule has 2 nitrogen and oxygen atoms in total. The summed E-state index contributed by atoms with van der Waals surface area (Å²) in [7, 11) is 2.09. The zero-order valence-corrected chi connectivity index (χ0v) is 11.0. The number of benzene rings is 2. The molecule has 0 spiro atoms. The van der Waals surface area contributed by atoms with Crippen LogP contribution in [0, 0.1) is 13.8 Å². The molecule has 3 aromatic rings. The predicted molar refractivity (Wildman–Crippen MR) is 73.9 cm³/mol. The predicted octanol–water partition coefficient (Wildman–Crippen LogP) is 3.07. The van der Waals surface area contributed by atoms with Crippen molar-refractivity contribution in [3.63, 3.8) is 0 Å². The molecule has 1 aromatic heterocycles. The Morgan fingerprint density at radius 1 is 1.00 bits per heavy atom. The first-order valence-electron chi connectivity index (χ1n) is 6.20. The molecule has 0 fully saturated rings. The van der Waals surface area contributed by atoms with Crippen molar-refractivity contribution < 1.29 is 4.57 Å². The van der Waals surface area contributed by atoms with Crippen LogP contribution in [-0.4, -0.2) is 4.57 Å². The molecule has 90 valence electrons. The highest BCUT2D eigenvalue weighted by atomic mass is 15.1. The van der Waals surface area contributed by atoms with Gasteiger partial charge < -0.3 is 0 Å². The SMILES string of the molecule is Cc1ccc(-n2c[n+](C)c3ccccc32)c(C)c1. The summed E-state index contributed by atoms with van der Waals surface area (Å²) >= 11 is 0. The number of aryl methyl sites for hydroxylation is 3. The first-order chi connectivity index (χ1) is 8.66. The van der Waals surface area contributed by atoms with E-state index >= 15 is 0 Å². The van der Waals surface area contributed by atoms with Crippen LogP contribution in [-0.2, 0) is 7.05 Å². The Morgan fingerprint density at radius 3 is 2.56 bits per heavy atom. The largest absolute Gasteiger partial charge is 0.249 e. The van der Waals surface area contributed by atoms with E-state index in [-0.39, 0.29) is 0 Å². The van der Waals surface area contributed by atoms with E-state index < -0.39 is 0 Å². The highest BCUT2D eigenvalue weighted by molar-refractivity contribution is 5.74. The van der Waals surface area contributed by atoms with Crippen LogP contribution in [0.1, 0.15) is 11.1 Å². The number of hydrogen-bond acceptors (Lipinski definition) is 0. The van der Waals surface area contributed by atoms with Gasteiger partial charge in [-0.25, -0.2) is 4.57 Å². The van der Waals surface area contributed by atoms with E-state index in [9.17, 15) is 0 Å². The number of hydrogen-bond donors (Lipinski definition) is 0. The second kappa shape index (κ2) is 3.98. The minimum atomic E-state index is 1.24. The van der Waals surface area contributed by atoms with Gasteiger partial charge in [0.2, 0.25) is 6.33 Å². The zero-order valence-electron chi connectivity index (χ0n) is 11.0. The van der Waals surface area contributed by atoms with Gasteiger partial charge in [0.05, 0.1) is 7.05 Å². The average molecular weight is 237 g/mol. The Balaban J connectivity index is 2.32. The first kappa shape index (κ1) is 11.0. The van der Waals surface area contributed by atoms with Gasteiger partial charge in [-0.1, -0.05) is 29.8 Å². The molecule has 18 heavy (non-hydrogen) atoms. The third-order valence-corrected chi connectivity index (χ3v) is 3.42. The Hall–Kier alpha value is -2.09. The molecule has 0 amide bonds. The van der Waals surface area contributed by atoms with Gasteiger partial charge in [0.15, 0.2) is 11.0 Å². The molecule has 2 heteroatoms. The molecule has 0 saturated carbocycles. The molecular weight excluding hydrogens is 220 g/mol. The topological polar surface area (TPSA) is 8.81 Å². The van der Waals surface area contributed by atoms with Crippen LogP contribution in [0.5, 0.6) is 0 Å². The van der Waals surface area contributed by atoms with Crippen LogP contribution in [0.4, 0.5) is 0 Å². The maximum absolute atomic E-state index is 2.25. The monoisotopic (exact) mass is 237 g/mol. The van der Waals surface area contributed by atoms with Crippen LogP contribution in [0.15, 0.2) is 48.8 Å². The summed E-state index contributed by atoms with van der Waals surface area (Å²) in [5.74, 6) is 0. The summed E-state index contributed by atoms with van der Waals surface area (Å²) < 4.78 is 4.42. The van der Waals surface area contributed by atoms with Crippen molar-refractivity contribution in [2.24, 2.45) is 7.05 Å². The Bertz CT molecular complexity index is 723. The molecular formula is C16H17N2+. The smallest absolute Gasteiger partial charge is 0.232 e. The zero-order chi connectivity index (χ0) is 12.7. The normalized spacial score (nSPS) is 11.1. The molecule has 1 heterocycles. The highest BCUT2D eigenvalue weighted by Gasteiger charge is 2.15. The van der Waals surface area contributed by atoms with E-state index in [2.05, 4.69) is 78.8 Å². The quantitative estimate of drug-likeness (QED) is 0.575. The number of imidazole rings is 1. The summed E-state index contributed by atoms with van der Waals surface area (Å²) in [6.45, 7) is 4.29. The third kappa shape index (κ3) is 1.61. The fourth-order valence-electron chi connectivity index (χ4n) is 2.53. The van der Waals surface area contributed by atoms with Gasteiger partial charge >= 0.3 is 0 Å². The Labute approximate surface area is 107 Å². The summed E-state index contributed by atoms with van der Waals surface area (Å²) in [5, 5.41) is 0. The number of rotatable bonds is 1. The van der Waals surface area contributed by atoms with Gasteiger partial charge in [-0.3, -0.25) is 0 Å². The maximum Gasteiger partial charge on any atom is 0.249 e. The van der Waals surface area contributed by atoms with Gasteiger partial charge in [0.25, 0.3) is 0 Å². The lowest BCUT2D eigenvalue weighted by Crippen LogP contribution is -2.25. The molecule has 0 aliphatic heterocycles. The van der Waals surface area contributed by atoms with Crippen molar-refractivity contribution in [2.75, 3.05) is 0 Å². The minimum Gasteiger partial charge on any atom is -0.232 e. The van der Waals surface area contributed by atoms with Crippen molar-refractivity contribution in [1.82, 2.24) is 4.57 Å². The van der Waals surface area contributed by atoms with Crippen molar-refractivity contribution in [3.05, 3.63) is 59.9 Å². The van der Waals surface area contributed by atoms with Crippen LogP contribution < -0.4 is 4.57 Å². The Kier molecular flexibility index (Phi) is 2.44. The van der Waals surface area contributed by atoms with E-state index in [1.54, 1.807) is 0 Å². The van der Waals surface area contributed by atoms with Crippen LogP contribution in [0.2, 0.25) is 0 Å². The van der Waals surface area contributed by atoms with Crippen LogP contribution in [0.3, 0.4) is 0 Å². The second-order valence-corrected chi connectivity index (χ2v) is 4.88.